The average molecular weight is 460 g/mol. The molecule has 4 aliphatic rings. The first-order valence-corrected chi connectivity index (χ1v) is 11.6. The summed E-state index contributed by atoms with van der Waals surface area (Å²) < 4.78 is 5.02. The number of β-lactam (4-membered cyclic amide) rings is 1. The fraction of sp³-hybridized carbons (Fsp3) is 0.545. The van der Waals surface area contributed by atoms with Crippen LogP contribution in [-0.4, -0.2) is 68.1 Å². The van der Waals surface area contributed by atoms with E-state index in [1.165, 1.54) is 21.6 Å². The second-order valence-electron chi connectivity index (χ2n) is 9.17. The molecule has 1 aromatic carbocycles. The Kier molecular flexibility index (Phi) is 4.62. The van der Waals surface area contributed by atoms with Crippen molar-refractivity contribution in [1.29, 1.82) is 0 Å². The zero-order valence-corrected chi connectivity index (χ0v) is 18.6. The fourth-order valence-corrected chi connectivity index (χ4v) is 7.05. The first-order valence-electron chi connectivity index (χ1n) is 10.7. The molecule has 0 radical (unpaired) electrons. The molecule has 2 aliphatic heterocycles. The van der Waals surface area contributed by atoms with Gasteiger partial charge >= 0.3 is 11.9 Å². The molecule has 32 heavy (non-hydrogen) atoms. The molecule has 4 fully saturated rings. The van der Waals surface area contributed by atoms with Gasteiger partial charge in [-0.15, -0.1) is 11.8 Å². The summed E-state index contributed by atoms with van der Waals surface area (Å²) in [5.41, 5.74) is 4.87. The molecule has 4 unspecified atom stereocenters. The normalized spacial score (nSPS) is 33.0. The minimum atomic E-state index is -1.23. The Labute approximate surface area is 189 Å². The lowest BCUT2D eigenvalue weighted by Gasteiger charge is -2.50. The molecule has 5 atom stereocenters. The number of carbonyl (C=O) groups is 4. The van der Waals surface area contributed by atoms with Crippen molar-refractivity contribution in [2.75, 3.05) is 11.4 Å². The van der Waals surface area contributed by atoms with Gasteiger partial charge < -0.3 is 20.5 Å². The standard InChI is InChI=1S/C22H25N3O6S/c1-11(12-7-8-12)31-19(28)13-5-3-4-6-14(13)24(15(26)9-23)16-17(27)25-18(16)32-21(2)10-22(21,25)20(29)30/h3-6,11-12,16,18H,7-10,23H2,1-2H3,(H,29,30)/t11?,16?,18-,21?,22?/m0/s1. The van der Waals surface area contributed by atoms with Gasteiger partial charge in [-0.25, -0.2) is 9.59 Å². The number of rotatable bonds is 7. The van der Waals surface area contributed by atoms with Gasteiger partial charge in [-0.3, -0.25) is 14.5 Å². The quantitative estimate of drug-likeness (QED) is 0.460. The molecule has 0 spiro atoms. The van der Waals surface area contributed by atoms with Crippen molar-refractivity contribution in [3.63, 3.8) is 0 Å². The summed E-state index contributed by atoms with van der Waals surface area (Å²) in [7, 11) is 0. The molecule has 0 aromatic heterocycles. The second-order valence-corrected chi connectivity index (χ2v) is 10.8. The molecule has 2 heterocycles. The van der Waals surface area contributed by atoms with Crippen molar-refractivity contribution in [3.8, 4) is 0 Å². The van der Waals surface area contributed by atoms with E-state index in [0.717, 1.165) is 12.8 Å². The maximum atomic E-state index is 13.2. The van der Waals surface area contributed by atoms with Gasteiger partial charge in [0.15, 0.2) is 5.54 Å². The SMILES string of the molecule is CC(OC(=O)c1ccccc1N(C(=O)CN)C1C(=O)N2[C@H]1SC1(C)CC21C(=O)O)C1CC1. The number of carbonyl (C=O) groups excluding carboxylic acids is 3. The van der Waals surface area contributed by atoms with Crippen LogP contribution in [-0.2, 0) is 19.1 Å². The van der Waals surface area contributed by atoms with Crippen LogP contribution in [0.2, 0.25) is 0 Å². The van der Waals surface area contributed by atoms with Crippen LogP contribution in [0.5, 0.6) is 0 Å². The molecule has 5 rings (SSSR count). The number of nitrogens with two attached hydrogens (primary N) is 1. The van der Waals surface area contributed by atoms with Crippen LogP contribution in [0.4, 0.5) is 5.69 Å². The van der Waals surface area contributed by atoms with Gasteiger partial charge in [0.1, 0.15) is 17.5 Å². The third-order valence-corrected chi connectivity index (χ3v) is 8.90. The van der Waals surface area contributed by atoms with Gasteiger partial charge in [-0.1, -0.05) is 12.1 Å². The monoisotopic (exact) mass is 459 g/mol. The molecule has 2 saturated carbocycles. The summed E-state index contributed by atoms with van der Waals surface area (Å²) in [5.74, 6) is -2.20. The van der Waals surface area contributed by atoms with Crippen LogP contribution in [0.1, 0.15) is 43.5 Å². The van der Waals surface area contributed by atoms with E-state index in [0.29, 0.717) is 12.3 Å². The predicted octanol–water partition coefficient (Wildman–Crippen LogP) is 1.20. The maximum absolute atomic E-state index is 13.2. The fourth-order valence-electron chi connectivity index (χ4n) is 5.09. The van der Waals surface area contributed by atoms with Crippen LogP contribution < -0.4 is 10.6 Å². The van der Waals surface area contributed by atoms with Gasteiger partial charge in [0.2, 0.25) is 5.91 Å². The number of fused-ring (bicyclic) bond motifs is 3. The second kappa shape index (κ2) is 6.95. The number of esters is 1. The van der Waals surface area contributed by atoms with Crippen molar-refractivity contribution in [1.82, 2.24) is 4.90 Å². The largest absolute Gasteiger partial charge is 0.479 e. The van der Waals surface area contributed by atoms with Gasteiger partial charge in [0, 0.05) is 6.42 Å². The molecule has 1 aromatic rings. The van der Waals surface area contributed by atoms with E-state index in [9.17, 15) is 24.3 Å². The molecule has 2 saturated heterocycles. The van der Waals surface area contributed by atoms with E-state index in [1.54, 1.807) is 24.3 Å². The zero-order valence-electron chi connectivity index (χ0n) is 17.8. The smallest absolute Gasteiger partial charge is 0.340 e. The number of hydrogen-bond donors (Lipinski definition) is 2. The number of aliphatic carboxylic acids is 1. The van der Waals surface area contributed by atoms with Crippen molar-refractivity contribution < 1.29 is 29.0 Å². The summed E-state index contributed by atoms with van der Waals surface area (Å²) in [6.45, 7) is 3.32. The third-order valence-electron chi connectivity index (χ3n) is 7.19. The summed E-state index contributed by atoms with van der Waals surface area (Å²) in [4.78, 5) is 53.7. The van der Waals surface area contributed by atoms with Gasteiger partial charge in [-0.2, -0.15) is 0 Å². The molecular weight excluding hydrogens is 434 g/mol. The van der Waals surface area contributed by atoms with Crippen LogP contribution in [0.15, 0.2) is 24.3 Å². The summed E-state index contributed by atoms with van der Waals surface area (Å²) in [6.07, 6.45) is 2.18. The van der Waals surface area contributed by atoms with Crippen molar-refractivity contribution >= 4 is 41.2 Å². The number of amides is 2. The average Bonchev–Trinajstić information content (AvgIpc) is 3.67. The molecule has 3 N–H and O–H groups in total. The van der Waals surface area contributed by atoms with E-state index < -0.39 is 45.5 Å². The number of benzene rings is 1. The van der Waals surface area contributed by atoms with Crippen LogP contribution in [0.25, 0.3) is 0 Å². The first kappa shape index (κ1) is 21.3. The molecule has 10 heteroatoms. The minimum absolute atomic E-state index is 0.181. The van der Waals surface area contributed by atoms with Crippen LogP contribution in [0, 0.1) is 5.92 Å². The Bertz CT molecular complexity index is 1040. The highest BCUT2D eigenvalue weighted by Gasteiger charge is 2.85. The van der Waals surface area contributed by atoms with E-state index in [4.69, 9.17) is 10.5 Å². The highest BCUT2D eigenvalue weighted by atomic mass is 32.2. The Morgan fingerprint density at radius 1 is 1.34 bits per heavy atom. The minimum Gasteiger partial charge on any atom is -0.479 e. The third kappa shape index (κ3) is 2.75. The topological polar surface area (TPSA) is 130 Å². The van der Waals surface area contributed by atoms with Gasteiger partial charge in [-0.05, 0) is 44.7 Å². The molecular formula is C22H25N3O6S. The summed E-state index contributed by atoms with van der Waals surface area (Å²) >= 11 is 1.39. The lowest BCUT2D eigenvalue weighted by Crippen LogP contribution is -2.73. The van der Waals surface area contributed by atoms with Crippen LogP contribution in [0.3, 0.4) is 0 Å². The van der Waals surface area contributed by atoms with Crippen LogP contribution >= 0.6 is 11.8 Å². The van der Waals surface area contributed by atoms with Crippen molar-refractivity contribution in [2.24, 2.45) is 11.7 Å². The molecule has 170 valence electrons. The highest BCUT2D eigenvalue weighted by molar-refractivity contribution is 8.02. The van der Waals surface area contributed by atoms with E-state index >= 15 is 0 Å². The number of para-hydroxylation sites is 1. The predicted molar refractivity (Wildman–Crippen MR) is 116 cm³/mol. The molecule has 2 amide bonds. The van der Waals surface area contributed by atoms with E-state index in [2.05, 4.69) is 0 Å². The maximum Gasteiger partial charge on any atom is 0.340 e. The van der Waals surface area contributed by atoms with E-state index in [-0.39, 0.29) is 23.9 Å². The van der Waals surface area contributed by atoms with Crippen molar-refractivity contribution in [3.05, 3.63) is 29.8 Å². The molecule has 2 aliphatic carbocycles. The lowest BCUT2D eigenvalue weighted by molar-refractivity contribution is -0.161. The number of carboxylic acids is 1. The van der Waals surface area contributed by atoms with E-state index in [1.807, 2.05) is 13.8 Å². The number of ether oxygens (including phenoxy) is 1. The molecule has 0 bridgehead atoms. The number of nitrogens with zero attached hydrogens (tertiary/aromatic N) is 2. The summed E-state index contributed by atoms with van der Waals surface area (Å²) in [6, 6.07) is 5.58. The van der Waals surface area contributed by atoms with Gasteiger partial charge in [0.25, 0.3) is 5.91 Å². The zero-order chi connectivity index (χ0) is 23.0. The highest BCUT2D eigenvalue weighted by Crippen LogP contribution is 2.72. The first-order chi connectivity index (χ1) is 15.2. The number of carboxylic acid groups (broad SMARTS) is 1. The van der Waals surface area contributed by atoms with Crippen molar-refractivity contribution in [2.45, 2.75) is 60.9 Å². The summed E-state index contributed by atoms with van der Waals surface area (Å²) in [5, 5.41) is 9.29. The number of anilines is 1. The Morgan fingerprint density at radius 3 is 2.66 bits per heavy atom. The molecule has 9 nitrogen and oxygen atoms in total. The Morgan fingerprint density at radius 2 is 2.03 bits per heavy atom. The lowest BCUT2D eigenvalue weighted by atomic mass is 9.97. The number of thioether (sulfide) groups is 1. The number of hydrogen-bond acceptors (Lipinski definition) is 7. The Balaban J connectivity index is 1.48. The Hall–Kier alpha value is -2.59. The van der Waals surface area contributed by atoms with Gasteiger partial charge in [0.05, 0.1) is 22.5 Å².